The van der Waals surface area contributed by atoms with Crippen LogP contribution in [-0.2, 0) is 9.53 Å². The van der Waals surface area contributed by atoms with Crippen molar-refractivity contribution < 1.29 is 28.6 Å². The molecular formula is C22H23N3O6. The number of carbonyl (C=O) groups is 3. The van der Waals surface area contributed by atoms with Crippen molar-refractivity contribution in [3.05, 3.63) is 47.8 Å². The summed E-state index contributed by atoms with van der Waals surface area (Å²) in [6.07, 6.45) is 2.41. The summed E-state index contributed by atoms with van der Waals surface area (Å²) >= 11 is 0. The van der Waals surface area contributed by atoms with Crippen molar-refractivity contribution in [2.75, 3.05) is 33.8 Å². The quantitative estimate of drug-likeness (QED) is 0.654. The van der Waals surface area contributed by atoms with Gasteiger partial charge in [-0.05, 0) is 30.7 Å². The van der Waals surface area contributed by atoms with Crippen molar-refractivity contribution in [2.24, 2.45) is 0 Å². The summed E-state index contributed by atoms with van der Waals surface area (Å²) in [6.45, 7) is 2.11. The first-order valence-corrected chi connectivity index (χ1v) is 10.0. The summed E-state index contributed by atoms with van der Waals surface area (Å²) in [7, 11) is 3.00. The SMILES string of the molecule is COC(=O)c1cc(Oc2ccc(C(=O)N3CCC3)nc2)cc(OC2CCN(C)C2=O)c1. The molecule has 0 aliphatic carbocycles. The molecular weight excluding hydrogens is 402 g/mol. The number of carbonyl (C=O) groups excluding carboxylic acids is 3. The Morgan fingerprint density at radius 1 is 1.06 bits per heavy atom. The highest BCUT2D eigenvalue weighted by Crippen LogP contribution is 2.29. The maximum atomic E-state index is 12.2. The molecule has 2 aromatic rings. The number of aromatic nitrogens is 1. The van der Waals surface area contributed by atoms with Crippen LogP contribution < -0.4 is 9.47 Å². The van der Waals surface area contributed by atoms with Gasteiger partial charge in [-0.2, -0.15) is 0 Å². The van der Waals surface area contributed by atoms with Gasteiger partial charge in [-0.25, -0.2) is 9.78 Å². The second-order valence-corrected chi connectivity index (χ2v) is 7.47. The Morgan fingerprint density at radius 3 is 2.42 bits per heavy atom. The van der Waals surface area contributed by atoms with Gasteiger partial charge in [0.1, 0.15) is 22.9 Å². The number of benzene rings is 1. The third-order valence-electron chi connectivity index (χ3n) is 5.29. The van der Waals surface area contributed by atoms with Crippen LogP contribution in [0.3, 0.4) is 0 Å². The van der Waals surface area contributed by atoms with Crippen molar-refractivity contribution in [3.8, 4) is 17.2 Å². The zero-order chi connectivity index (χ0) is 22.0. The lowest BCUT2D eigenvalue weighted by molar-refractivity contribution is -0.132. The van der Waals surface area contributed by atoms with Crippen molar-refractivity contribution in [3.63, 3.8) is 0 Å². The zero-order valence-electron chi connectivity index (χ0n) is 17.4. The van der Waals surface area contributed by atoms with Gasteiger partial charge in [-0.1, -0.05) is 0 Å². The average Bonchev–Trinajstić information content (AvgIpc) is 3.04. The second kappa shape index (κ2) is 8.63. The van der Waals surface area contributed by atoms with E-state index in [1.807, 2.05) is 0 Å². The fourth-order valence-electron chi connectivity index (χ4n) is 3.38. The van der Waals surface area contributed by atoms with Crippen molar-refractivity contribution in [1.82, 2.24) is 14.8 Å². The maximum absolute atomic E-state index is 12.2. The molecule has 9 nitrogen and oxygen atoms in total. The molecule has 2 amide bonds. The van der Waals surface area contributed by atoms with E-state index in [2.05, 4.69) is 4.98 Å². The lowest BCUT2D eigenvalue weighted by Gasteiger charge is -2.30. The average molecular weight is 425 g/mol. The van der Waals surface area contributed by atoms with Gasteiger partial charge in [0.2, 0.25) is 0 Å². The summed E-state index contributed by atoms with van der Waals surface area (Å²) in [4.78, 5) is 44.0. The van der Waals surface area contributed by atoms with E-state index in [0.717, 1.165) is 19.5 Å². The van der Waals surface area contributed by atoms with Gasteiger partial charge in [-0.3, -0.25) is 9.59 Å². The number of ether oxygens (including phenoxy) is 3. The highest BCUT2D eigenvalue weighted by molar-refractivity contribution is 5.93. The van der Waals surface area contributed by atoms with Crippen LogP contribution in [0.15, 0.2) is 36.5 Å². The lowest BCUT2D eigenvalue weighted by Crippen LogP contribution is -2.42. The third kappa shape index (κ3) is 4.45. The van der Waals surface area contributed by atoms with Gasteiger partial charge in [0.25, 0.3) is 11.8 Å². The van der Waals surface area contributed by atoms with E-state index in [0.29, 0.717) is 35.9 Å². The summed E-state index contributed by atoms with van der Waals surface area (Å²) in [5, 5.41) is 0. The molecule has 2 aliphatic heterocycles. The van der Waals surface area contributed by atoms with E-state index in [4.69, 9.17) is 14.2 Å². The van der Waals surface area contributed by atoms with Crippen molar-refractivity contribution in [2.45, 2.75) is 18.9 Å². The minimum atomic E-state index is -0.612. The van der Waals surface area contributed by atoms with Gasteiger partial charge in [0.05, 0.1) is 18.9 Å². The number of esters is 1. The Balaban J connectivity index is 1.53. The molecule has 1 unspecified atom stereocenters. The minimum absolute atomic E-state index is 0.104. The van der Waals surface area contributed by atoms with Crippen LogP contribution >= 0.6 is 0 Å². The minimum Gasteiger partial charge on any atom is -0.480 e. The van der Waals surface area contributed by atoms with Gasteiger partial charge in [0.15, 0.2) is 6.10 Å². The number of nitrogens with zero attached hydrogens (tertiary/aromatic N) is 3. The fourth-order valence-corrected chi connectivity index (χ4v) is 3.38. The molecule has 9 heteroatoms. The lowest BCUT2D eigenvalue weighted by atomic mass is 10.2. The predicted octanol–water partition coefficient (Wildman–Crippen LogP) is 2.12. The Labute approximate surface area is 179 Å². The topological polar surface area (TPSA) is 98.3 Å². The van der Waals surface area contributed by atoms with Crippen LogP contribution in [-0.4, -0.2) is 72.5 Å². The molecule has 0 saturated carbocycles. The van der Waals surface area contributed by atoms with Crippen LogP contribution in [0.4, 0.5) is 0 Å². The van der Waals surface area contributed by atoms with E-state index in [1.165, 1.54) is 25.4 Å². The molecule has 0 N–H and O–H groups in total. The molecule has 0 spiro atoms. The summed E-state index contributed by atoms with van der Waals surface area (Å²) < 4.78 is 16.5. The molecule has 1 atom stereocenters. The highest BCUT2D eigenvalue weighted by Gasteiger charge is 2.31. The van der Waals surface area contributed by atoms with E-state index in [9.17, 15) is 14.4 Å². The van der Waals surface area contributed by atoms with Crippen molar-refractivity contribution in [1.29, 1.82) is 0 Å². The normalized spacial score (nSPS) is 17.9. The molecule has 3 heterocycles. The Morgan fingerprint density at radius 2 is 1.84 bits per heavy atom. The fraction of sp³-hybridized carbons (Fsp3) is 0.364. The maximum Gasteiger partial charge on any atom is 0.338 e. The number of rotatable bonds is 6. The Kier molecular flexibility index (Phi) is 5.75. The van der Waals surface area contributed by atoms with E-state index in [1.54, 1.807) is 35.0 Å². The molecule has 0 bridgehead atoms. The van der Waals surface area contributed by atoms with Crippen LogP contribution in [0.2, 0.25) is 0 Å². The number of hydrogen-bond donors (Lipinski definition) is 0. The van der Waals surface area contributed by atoms with Gasteiger partial charge in [-0.15, -0.1) is 0 Å². The first-order chi connectivity index (χ1) is 14.9. The van der Waals surface area contributed by atoms with E-state index >= 15 is 0 Å². The smallest absolute Gasteiger partial charge is 0.338 e. The van der Waals surface area contributed by atoms with Crippen LogP contribution in [0.1, 0.15) is 33.7 Å². The molecule has 2 fully saturated rings. The molecule has 2 saturated heterocycles. The van der Waals surface area contributed by atoms with Crippen molar-refractivity contribution >= 4 is 17.8 Å². The Hall–Kier alpha value is -3.62. The zero-order valence-corrected chi connectivity index (χ0v) is 17.4. The number of likely N-dealkylation sites (tertiary alicyclic amines) is 2. The number of methoxy groups -OCH3 is 1. The molecule has 2 aliphatic rings. The molecule has 4 rings (SSSR count). The molecule has 162 valence electrons. The summed E-state index contributed by atoms with van der Waals surface area (Å²) in [5.41, 5.74) is 0.578. The molecule has 1 aromatic carbocycles. The van der Waals surface area contributed by atoms with Gasteiger partial charge >= 0.3 is 5.97 Å². The number of likely N-dealkylation sites (N-methyl/N-ethyl adjacent to an activating group) is 1. The largest absolute Gasteiger partial charge is 0.480 e. The van der Waals surface area contributed by atoms with E-state index in [-0.39, 0.29) is 17.4 Å². The molecule has 1 aromatic heterocycles. The highest BCUT2D eigenvalue weighted by atomic mass is 16.5. The van der Waals surface area contributed by atoms with Gasteiger partial charge < -0.3 is 24.0 Å². The molecule has 31 heavy (non-hydrogen) atoms. The van der Waals surface area contributed by atoms with Gasteiger partial charge in [0, 0.05) is 39.2 Å². The molecule has 0 radical (unpaired) electrons. The van der Waals surface area contributed by atoms with Crippen LogP contribution in [0, 0.1) is 0 Å². The first kappa shape index (κ1) is 20.6. The standard InChI is InChI=1S/C22H23N3O6/c1-24-9-6-19(21(24)27)31-17-11-14(22(28)29-2)10-16(12-17)30-15-4-5-18(23-13-15)20(26)25-7-3-8-25/h4-5,10-13,19H,3,6-9H2,1-2H3. The number of hydrogen-bond acceptors (Lipinski definition) is 7. The summed E-state index contributed by atoms with van der Waals surface area (Å²) in [5.74, 6) is 0.262. The monoisotopic (exact) mass is 425 g/mol. The third-order valence-corrected chi connectivity index (χ3v) is 5.29. The number of amides is 2. The second-order valence-electron chi connectivity index (χ2n) is 7.47. The Bertz CT molecular complexity index is 1000. The van der Waals surface area contributed by atoms with Crippen LogP contribution in [0.25, 0.3) is 0 Å². The van der Waals surface area contributed by atoms with Crippen LogP contribution in [0.5, 0.6) is 17.2 Å². The summed E-state index contributed by atoms with van der Waals surface area (Å²) in [6, 6.07) is 7.86. The first-order valence-electron chi connectivity index (χ1n) is 10.0. The van der Waals surface area contributed by atoms with E-state index < -0.39 is 12.1 Å². The number of pyridine rings is 1. The predicted molar refractivity (Wildman–Crippen MR) is 109 cm³/mol.